The lowest BCUT2D eigenvalue weighted by molar-refractivity contribution is 0.463. The third-order valence-electron chi connectivity index (χ3n) is 4.46. The quantitative estimate of drug-likeness (QED) is 0.643. The van der Waals surface area contributed by atoms with Crippen molar-refractivity contribution in [2.75, 3.05) is 6.54 Å². The van der Waals surface area contributed by atoms with Crippen LogP contribution in [0.5, 0.6) is 11.6 Å². The van der Waals surface area contributed by atoms with Crippen molar-refractivity contribution in [3.63, 3.8) is 0 Å². The fraction of sp³-hybridized carbons (Fsp3) is 0.174. The van der Waals surface area contributed by atoms with Gasteiger partial charge in [-0.05, 0) is 67.3 Å². The SMILES string of the molecule is Cc1ccc(Oc2ccc(C=C3CCCN=C3c3cccnc3)cn2)cc1. The number of hydrogen-bond acceptors (Lipinski definition) is 4. The molecule has 0 radical (unpaired) electrons. The second kappa shape index (κ2) is 7.96. The molecule has 0 saturated heterocycles. The number of rotatable bonds is 4. The summed E-state index contributed by atoms with van der Waals surface area (Å²) >= 11 is 0. The van der Waals surface area contributed by atoms with Gasteiger partial charge in [0.1, 0.15) is 5.75 Å². The molecule has 134 valence electrons. The van der Waals surface area contributed by atoms with Crippen LogP contribution in [0.25, 0.3) is 6.08 Å². The zero-order valence-corrected chi connectivity index (χ0v) is 15.3. The van der Waals surface area contributed by atoms with E-state index < -0.39 is 0 Å². The minimum absolute atomic E-state index is 0.589. The molecule has 0 aliphatic carbocycles. The number of pyridine rings is 2. The Morgan fingerprint density at radius 2 is 1.89 bits per heavy atom. The molecule has 2 aromatic heterocycles. The molecule has 0 N–H and O–H groups in total. The van der Waals surface area contributed by atoms with E-state index in [1.54, 1.807) is 6.20 Å². The molecule has 0 unspecified atom stereocenters. The van der Waals surface area contributed by atoms with Crippen LogP contribution >= 0.6 is 0 Å². The van der Waals surface area contributed by atoms with Crippen molar-refractivity contribution in [1.29, 1.82) is 0 Å². The highest BCUT2D eigenvalue weighted by molar-refractivity contribution is 6.15. The molecule has 1 aliphatic heterocycles. The molecule has 4 heteroatoms. The molecule has 3 heterocycles. The highest BCUT2D eigenvalue weighted by Gasteiger charge is 2.14. The molecule has 0 spiro atoms. The number of benzene rings is 1. The van der Waals surface area contributed by atoms with E-state index in [1.165, 1.54) is 11.1 Å². The van der Waals surface area contributed by atoms with Crippen molar-refractivity contribution in [1.82, 2.24) is 9.97 Å². The van der Waals surface area contributed by atoms with Gasteiger partial charge >= 0.3 is 0 Å². The minimum atomic E-state index is 0.589. The highest BCUT2D eigenvalue weighted by atomic mass is 16.5. The Morgan fingerprint density at radius 3 is 2.63 bits per heavy atom. The maximum Gasteiger partial charge on any atom is 0.219 e. The second-order valence-corrected chi connectivity index (χ2v) is 6.59. The normalized spacial score (nSPS) is 15.4. The molecule has 0 fully saturated rings. The molecule has 0 atom stereocenters. The van der Waals surface area contributed by atoms with Gasteiger partial charge in [-0.25, -0.2) is 4.98 Å². The van der Waals surface area contributed by atoms with Crippen molar-refractivity contribution in [3.05, 3.63) is 89.4 Å². The zero-order chi connectivity index (χ0) is 18.5. The van der Waals surface area contributed by atoms with Crippen LogP contribution in [0, 0.1) is 6.92 Å². The Hall–Kier alpha value is -3.27. The van der Waals surface area contributed by atoms with Gasteiger partial charge in [0, 0.05) is 36.8 Å². The summed E-state index contributed by atoms with van der Waals surface area (Å²) < 4.78 is 5.80. The number of aryl methyl sites for hydroxylation is 1. The maximum absolute atomic E-state index is 5.80. The van der Waals surface area contributed by atoms with Crippen molar-refractivity contribution < 1.29 is 4.74 Å². The number of aliphatic imine (C=N–C) groups is 1. The van der Waals surface area contributed by atoms with Gasteiger partial charge in [-0.2, -0.15) is 0 Å². The Labute approximate surface area is 159 Å². The van der Waals surface area contributed by atoms with Gasteiger partial charge in [0.25, 0.3) is 0 Å². The predicted octanol–water partition coefficient (Wildman–Crippen LogP) is 5.24. The summed E-state index contributed by atoms with van der Waals surface area (Å²) in [5.41, 5.74) is 5.57. The molecule has 0 amide bonds. The smallest absolute Gasteiger partial charge is 0.219 e. The molecule has 4 nitrogen and oxygen atoms in total. The summed E-state index contributed by atoms with van der Waals surface area (Å²) in [5.74, 6) is 1.38. The van der Waals surface area contributed by atoms with Crippen LogP contribution in [0.3, 0.4) is 0 Å². The van der Waals surface area contributed by atoms with E-state index in [2.05, 4.69) is 29.0 Å². The number of aromatic nitrogens is 2. The lowest BCUT2D eigenvalue weighted by atomic mass is 9.95. The van der Waals surface area contributed by atoms with Crippen LogP contribution in [0.15, 0.2) is 77.7 Å². The Kier molecular flexibility index (Phi) is 5.06. The topological polar surface area (TPSA) is 47.4 Å². The maximum atomic E-state index is 5.80. The van der Waals surface area contributed by atoms with E-state index in [4.69, 9.17) is 9.73 Å². The first kappa shape index (κ1) is 17.2. The standard InChI is InChI=1S/C23H21N3O/c1-17-6-9-21(10-7-17)27-22-11-8-18(15-26-22)14-19-4-3-13-25-23(19)20-5-2-12-24-16-20/h2,5-12,14-16H,3-4,13H2,1H3. The molecule has 27 heavy (non-hydrogen) atoms. The first-order chi connectivity index (χ1) is 13.3. The summed E-state index contributed by atoms with van der Waals surface area (Å²) in [5, 5.41) is 0. The molecule has 0 saturated carbocycles. The third-order valence-corrected chi connectivity index (χ3v) is 4.46. The molecule has 1 aromatic carbocycles. The van der Waals surface area contributed by atoms with Gasteiger partial charge in [0.2, 0.25) is 5.88 Å². The molecule has 3 aromatic rings. The fourth-order valence-corrected chi connectivity index (χ4v) is 3.07. The van der Waals surface area contributed by atoms with Gasteiger partial charge in [-0.15, -0.1) is 0 Å². The van der Waals surface area contributed by atoms with E-state index in [9.17, 15) is 0 Å². The number of hydrogen-bond donors (Lipinski definition) is 0. The first-order valence-electron chi connectivity index (χ1n) is 9.14. The van der Waals surface area contributed by atoms with Gasteiger partial charge in [-0.3, -0.25) is 9.98 Å². The van der Waals surface area contributed by atoms with E-state index in [0.717, 1.165) is 42.0 Å². The van der Waals surface area contributed by atoms with Gasteiger partial charge in [0.15, 0.2) is 0 Å². The number of nitrogens with zero attached hydrogens (tertiary/aromatic N) is 3. The number of allylic oxidation sites excluding steroid dienone is 1. The van der Waals surface area contributed by atoms with E-state index in [-0.39, 0.29) is 0 Å². The largest absolute Gasteiger partial charge is 0.439 e. The zero-order valence-electron chi connectivity index (χ0n) is 15.3. The summed E-state index contributed by atoms with van der Waals surface area (Å²) in [6, 6.07) is 15.9. The third kappa shape index (κ3) is 4.29. The van der Waals surface area contributed by atoms with Crippen LogP contribution in [0.4, 0.5) is 0 Å². The van der Waals surface area contributed by atoms with E-state index in [0.29, 0.717) is 5.88 Å². The molecular weight excluding hydrogens is 334 g/mol. The average molecular weight is 355 g/mol. The van der Waals surface area contributed by atoms with Crippen LogP contribution in [0.2, 0.25) is 0 Å². The van der Waals surface area contributed by atoms with Crippen molar-refractivity contribution in [2.45, 2.75) is 19.8 Å². The Bertz CT molecular complexity index is 959. The lowest BCUT2D eigenvalue weighted by Gasteiger charge is -2.16. The monoisotopic (exact) mass is 355 g/mol. The second-order valence-electron chi connectivity index (χ2n) is 6.59. The van der Waals surface area contributed by atoms with Gasteiger partial charge in [-0.1, -0.05) is 17.7 Å². The van der Waals surface area contributed by atoms with E-state index in [1.807, 2.05) is 54.9 Å². The summed E-state index contributed by atoms with van der Waals surface area (Å²) in [4.78, 5) is 13.4. The highest BCUT2D eigenvalue weighted by Crippen LogP contribution is 2.23. The molecule has 0 bridgehead atoms. The van der Waals surface area contributed by atoms with Crippen molar-refractivity contribution >= 4 is 11.8 Å². The van der Waals surface area contributed by atoms with Crippen LogP contribution in [-0.4, -0.2) is 22.2 Å². The molecule has 1 aliphatic rings. The van der Waals surface area contributed by atoms with Crippen LogP contribution in [-0.2, 0) is 0 Å². The summed E-state index contributed by atoms with van der Waals surface area (Å²) in [6.07, 6.45) is 9.73. The van der Waals surface area contributed by atoms with Crippen LogP contribution in [0.1, 0.15) is 29.5 Å². The Morgan fingerprint density at radius 1 is 1.00 bits per heavy atom. The van der Waals surface area contributed by atoms with E-state index >= 15 is 0 Å². The molecule has 4 rings (SSSR count). The van der Waals surface area contributed by atoms with Gasteiger partial charge < -0.3 is 4.74 Å². The van der Waals surface area contributed by atoms with Gasteiger partial charge in [0.05, 0.1) is 5.71 Å². The lowest BCUT2D eigenvalue weighted by Crippen LogP contribution is -2.11. The predicted molar refractivity (Wildman–Crippen MR) is 108 cm³/mol. The fourth-order valence-electron chi connectivity index (χ4n) is 3.07. The minimum Gasteiger partial charge on any atom is -0.439 e. The average Bonchev–Trinajstić information content (AvgIpc) is 2.72. The van der Waals surface area contributed by atoms with Crippen molar-refractivity contribution in [3.8, 4) is 11.6 Å². The summed E-state index contributed by atoms with van der Waals surface area (Å²) in [7, 11) is 0. The number of ether oxygens (including phenoxy) is 1. The molecular formula is C23H21N3O. The van der Waals surface area contributed by atoms with Crippen LogP contribution < -0.4 is 4.74 Å². The summed E-state index contributed by atoms with van der Waals surface area (Å²) in [6.45, 7) is 2.92. The Balaban J connectivity index is 1.53. The first-order valence-corrected chi connectivity index (χ1v) is 9.14. The van der Waals surface area contributed by atoms with Crippen molar-refractivity contribution in [2.24, 2.45) is 4.99 Å².